The van der Waals surface area contributed by atoms with E-state index in [1.807, 2.05) is 61.5 Å². The summed E-state index contributed by atoms with van der Waals surface area (Å²) in [5, 5.41) is 15.5. The largest absolute Gasteiger partial charge is 0.457 e. The molecule has 206 valence electrons. The number of para-hydroxylation sites is 1. The van der Waals surface area contributed by atoms with Gasteiger partial charge in [-0.05, 0) is 61.7 Å². The van der Waals surface area contributed by atoms with Crippen LogP contribution in [0.4, 0.5) is 21.9 Å². The number of thiophene rings is 1. The lowest BCUT2D eigenvalue weighted by Crippen LogP contribution is -2.49. The molecule has 2 aliphatic rings. The van der Waals surface area contributed by atoms with Gasteiger partial charge in [-0.25, -0.2) is 9.78 Å². The van der Waals surface area contributed by atoms with Gasteiger partial charge in [0.05, 0.1) is 28.5 Å². The molecule has 4 aromatic rings. The van der Waals surface area contributed by atoms with Crippen LogP contribution >= 0.6 is 11.3 Å². The molecule has 2 aliphatic heterocycles. The van der Waals surface area contributed by atoms with Crippen molar-refractivity contribution < 1.29 is 19.1 Å². The van der Waals surface area contributed by atoms with Crippen LogP contribution in [0.2, 0.25) is 0 Å². The van der Waals surface area contributed by atoms with Gasteiger partial charge in [0, 0.05) is 25.3 Å². The highest BCUT2D eigenvalue weighted by atomic mass is 32.1. The number of amides is 4. The maximum absolute atomic E-state index is 13.5. The van der Waals surface area contributed by atoms with Crippen molar-refractivity contribution in [3.63, 3.8) is 0 Å². The molecule has 2 N–H and O–H groups in total. The summed E-state index contributed by atoms with van der Waals surface area (Å²) in [6.45, 7) is 2.83. The van der Waals surface area contributed by atoms with Gasteiger partial charge in [0.15, 0.2) is 0 Å². The number of hydrogen-bond acceptors (Lipinski definition) is 7. The lowest BCUT2D eigenvalue weighted by molar-refractivity contribution is -0.131. The van der Waals surface area contributed by atoms with Crippen LogP contribution in [0, 0.1) is 18.3 Å². The summed E-state index contributed by atoms with van der Waals surface area (Å²) in [5.74, 6) is 0.801. The second-order valence-electron chi connectivity index (χ2n) is 9.93. The van der Waals surface area contributed by atoms with Crippen molar-refractivity contribution in [1.82, 2.24) is 15.2 Å². The molecule has 0 radical (unpaired) electrons. The van der Waals surface area contributed by atoms with Crippen LogP contribution in [-0.4, -0.2) is 46.9 Å². The van der Waals surface area contributed by atoms with E-state index in [4.69, 9.17) is 10.00 Å². The fourth-order valence-corrected chi connectivity index (χ4v) is 6.32. The zero-order valence-electron chi connectivity index (χ0n) is 22.2. The van der Waals surface area contributed by atoms with Gasteiger partial charge in [-0.3, -0.25) is 14.5 Å². The average molecular weight is 567 g/mol. The average Bonchev–Trinajstić information content (AvgIpc) is 3.34. The van der Waals surface area contributed by atoms with Crippen molar-refractivity contribution in [2.75, 3.05) is 23.3 Å². The number of aryl methyl sites for hydroxylation is 1. The van der Waals surface area contributed by atoms with E-state index >= 15 is 0 Å². The molecular weight excluding hydrogens is 540 g/mol. The zero-order valence-corrected chi connectivity index (χ0v) is 23.0. The molecular formula is C30H26N6O4S. The van der Waals surface area contributed by atoms with Crippen molar-refractivity contribution in [2.45, 2.75) is 32.2 Å². The van der Waals surface area contributed by atoms with Gasteiger partial charge >= 0.3 is 6.03 Å². The molecule has 1 atom stereocenters. The predicted molar refractivity (Wildman–Crippen MR) is 156 cm³/mol. The van der Waals surface area contributed by atoms with E-state index in [-0.39, 0.29) is 30.3 Å². The van der Waals surface area contributed by atoms with Crippen molar-refractivity contribution in [3.8, 4) is 17.6 Å². The van der Waals surface area contributed by atoms with E-state index in [1.165, 1.54) is 11.3 Å². The first-order chi connectivity index (χ1) is 19.9. The summed E-state index contributed by atoms with van der Waals surface area (Å²) < 4.78 is 5.96. The van der Waals surface area contributed by atoms with Crippen LogP contribution in [0.3, 0.4) is 0 Å². The molecule has 1 saturated heterocycles. The number of hydrogen-bond donors (Lipinski definition) is 2. The molecule has 10 nitrogen and oxygen atoms in total. The fraction of sp³-hybridized carbons (Fsp3) is 0.233. The van der Waals surface area contributed by atoms with Gasteiger partial charge in [-0.15, -0.1) is 11.3 Å². The van der Waals surface area contributed by atoms with E-state index in [2.05, 4.69) is 15.6 Å². The van der Waals surface area contributed by atoms with Crippen molar-refractivity contribution >= 4 is 56.5 Å². The molecule has 2 aromatic carbocycles. The number of nitriles is 1. The summed E-state index contributed by atoms with van der Waals surface area (Å²) in [6.07, 6.45) is 2.90. The Balaban J connectivity index is 1.27. The third kappa shape index (κ3) is 5.05. The van der Waals surface area contributed by atoms with Gasteiger partial charge in [0.2, 0.25) is 5.91 Å². The standard InChI is InChI=1S/C30H26N6O4S/c1-18-16-21(40-20-7-3-2-4-8-20)9-10-22(18)36-23-12-14-32-29-25(23)26(34-30(36)39)27(41-29)28(38)33-19-6-5-15-35(17-19)24(37)11-13-31/h2-4,7-10,12,14,16,19H,5-6,11,15,17H2,1H3,(H,33,38)(H,34,39). The number of piperidine rings is 1. The Kier molecular flexibility index (Phi) is 6.99. The Bertz CT molecular complexity index is 1710. The highest BCUT2D eigenvalue weighted by Crippen LogP contribution is 2.46. The second kappa shape index (κ2) is 10.9. The molecule has 2 aromatic heterocycles. The first-order valence-electron chi connectivity index (χ1n) is 13.2. The normalized spacial score (nSPS) is 16.2. The lowest BCUT2D eigenvalue weighted by Gasteiger charge is -2.33. The Morgan fingerprint density at radius 3 is 2.78 bits per heavy atom. The first-order valence-corrected chi connectivity index (χ1v) is 14.1. The number of aromatic nitrogens is 1. The molecule has 4 heterocycles. The van der Waals surface area contributed by atoms with Gasteiger partial charge < -0.3 is 20.3 Å². The Morgan fingerprint density at radius 2 is 2.00 bits per heavy atom. The van der Waals surface area contributed by atoms with Gasteiger partial charge in [0.1, 0.15) is 27.6 Å². The number of pyridine rings is 1. The van der Waals surface area contributed by atoms with Crippen LogP contribution in [0.15, 0.2) is 60.8 Å². The number of urea groups is 1. The number of benzene rings is 2. The quantitative estimate of drug-likeness (QED) is 0.308. The number of ether oxygens (including phenoxy) is 1. The third-order valence-corrected chi connectivity index (χ3v) is 8.28. The van der Waals surface area contributed by atoms with Crippen LogP contribution in [0.1, 0.15) is 34.5 Å². The molecule has 0 spiro atoms. The van der Waals surface area contributed by atoms with E-state index in [9.17, 15) is 14.4 Å². The van der Waals surface area contributed by atoms with E-state index in [0.717, 1.165) is 24.2 Å². The Hall–Kier alpha value is -4.95. The Labute approximate surface area is 240 Å². The molecule has 0 saturated carbocycles. The lowest BCUT2D eigenvalue weighted by atomic mass is 10.0. The maximum atomic E-state index is 13.5. The molecule has 11 heteroatoms. The molecule has 0 aliphatic carbocycles. The number of nitrogens with zero attached hydrogens (tertiary/aromatic N) is 4. The molecule has 1 unspecified atom stereocenters. The third-order valence-electron chi connectivity index (χ3n) is 7.18. The minimum absolute atomic E-state index is 0.180. The van der Waals surface area contributed by atoms with Gasteiger partial charge in [-0.2, -0.15) is 5.26 Å². The SMILES string of the molecule is Cc1cc(Oc2ccccc2)ccc1N1C(=O)Nc2c(C(=O)NC3CCCN(C(=O)CC#N)C3)sc3nccc1c23. The molecule has 1 fully saturated rings. The highest BCUT2D eigenvalue weighted by Gasteiger charge is 2.34. The molecule has 4 amide bonds. The van der Waals surface area contributed by atoms with Crippen molar-refractivity contribution in [3.05, 3.63) is 71.2 Å². The smallest absolute Gasteiger partial charge is 0.331 e. The number of nitrogens with one attached hydrogen (secondary N) is 2. The van der Waals surface area contributed by atoms with Crippen LogP contribution < -0.4 is 20.3 Å². The number of carbonyl (C=O) groups excluding carboxylic acids is 3. The molecule has 41 heavy (non-hydrogen) atoms. The summed E-state index contributed by atoms with van der Waals surface area (Å²) in [5.41, 5.74) is 2.59. The number of likely N-dealkylation sites (tertiary alicyclic amines) is 1. The predicted octanol–water partition coefficient (Wildman–Crippen LogP) is 5.72. The van der Waals surface area contributed by atoms with Crippen molar-refractivity contribution in [2.24, 2.45) is 0 Å². The fourth-order valence-electron chi connectivity index (χ4n) is 5.30. The van der Waals surface area contributed by atoms with Crippen molar-refractivity contribution in [1.29, 1.82) is 5.26 Å². The van der Waals surface area contributed by atoms with E-state index < -0.39 is 0 Å². The number of carbonyl (C=O) groups is 3. The first kappa shape index (κ1) is 26.3. The summed E-state index contributed by atoms with van der Waals surface area (Å²) in [4.78, 5) is 47.8. The monoisotopic (exact) mass is 566 g/mol. The second-order valence-corrected chi connectivity index (χ2v) is 10.9. The van der Waals surface area contributed by atoms with Crippen LogP contribution in [-0.2, 0) is 4.79 Å². The highest BCUT2D eigenvalue weighted by molar-refractivity contribution is 7.21. The van der Waals surface area contributed by atoms with Crippen LogP contribution in [0.25, 0.3) is 10.2 Å². The summed E-state index contributed by atoms with van der Waals surface area (Å²) >= 11 is 1.21. The number of rotatable bonds is 6. The molecule has 6 rings (SSSR count). The summed E-state index contributed by atoms with van der Waals surface area (Å²) in [6, 6.07) is 18.0. The number of anilines is 3. The topological polar surface area (TPSA) is 128 Å². The Morgan fingerprint density at radius 1 is 1.17 bits per heavy atom. The minimum atomic E-state index is -0.386. The van der Waals surface area contributed by atoms with Gasteiger partial charge in [0.25, 0.3) is 5.91 Å². The molecule has 0 bridgehead atoms. The van der Waals surface area contributed by atoms with Gasteiger partial charge in [-0.1, -0.05) is 18.2 Å². The van der Waals surface area contributed by atoms with E-state index in [0.29, 0.717) is 51.0 Å². The zero-order chi connectivity index (χ0) is 28.5. The maximum Gasteiger partial charge on any atom is 0.331 e. The summed E-state index contributed by atoms with van der Waals surface area (Å²) in [7, 11) is 0. The van der Waals surface area contributed by atoms with Crippen LogP contribution in [0.5, 0.6) is 11.5 Å². The van der Waals surface area contributed by atoms with E-state index in [1.54, 1.807) is 22.1 Å². The minimum Gasteiger partial charge on any atom is -0.457 e.